The first-order valence-corrected chi connectivity index (χ1v) is 5.67. The average molecular weight is 218 g/mol. The fourth-order valence-corrected chi connectivity index (χ4v) is 1.42. The Morgan fingerprint density at radius 3 is 2.75 bits per heavy atom. The lowest BCUT2D eigenvalue weighted by Gasteiger charge is -2.00. The van der Waals surface area contributed by atoms with Crippen LogP contribution in [-0.4, -0.2) is 15.8 Å². The van der Waals surface area contributed by atoms with Crippen LogP contribution in [-0.2, 0) is 0 Å². The van der Waals surface area contributed by atoms with Gasteiger partial charge in [-0.25, -0.2) is 4.98 Å². The molecule has 0 aliphatic carbocycles. The molecular weight excluding hydrogens is 200 g/mol. The highest BCUT2D eigenvalue weighted by atomic mass is 16.1. The highest BCUT2D eigenvalue weighted by molar-refractivity contribution is 5.93. The van der Waals surface area contributed by atoms with Crippen molar-refractivity contribution in [3.05, 3.63) is 36.4 Å². The molecule has 0 N–H and O–H groups in total. The van der Waals surface area contributed by atoms with E-state index in [0.29, 0.717) is 12.1 Å². The summed E-state index contributed by atoms with van der Waals surface area (Å²) >= 11 is 0. The molecule has 1 aromatic rings. The second kappa shape index (κ2) is 6.88. The number of unbranched alkanes of at least 4 members (excludes halogenated alkanes) is 3. The van der Waals surface area contributed by atoms with Crippen molar-refractivity contribution in [1.29, 1.82) is 0 Å². The Kier molecular flexibility index (Phi) is 5.40. The zero-order chi connectivity index (χ0) is 11.8. The summed E-state index contributed by atoms with van der Waals surface area (Å²) in [6.45, 7) is 5.52. The third-order valence-corrected chi connectivity index (χ3v) is 2.38. The molecule has 0 radical (unpaired) electrons. The van der Waals surface area contributed by atoms with E-state index >= 15 is 0 Å². The number of aromatic nitrogens is 2. The van der Waals surface area contributed by atoms with Gasteiger partial charge >= 0.3 is 0 Å². The molecule has 0 atom stereocenters. The SMILES string of the molecule is C=CCCCCCC(=O)c1cnc(C)cn1. The normalized spacial score (nSPS) is 10.1. The van der Waals surface area contributed by atoms with Gasteiger partial charge in [-0.15, -0.1) is 6.58 Å². The number of hydrogen-bond acceptors (Lipinski definition) is 3. The monoisotopic (exact) mass is 218 g/mol. The first kappa shape index (κ1) is 12.6. The molecule has 0 bridgehead atoms. The Balaban J connectivity index is 2.29. The summed E-state index contributed by atoms with van der Waals surface area (Å²) in [6.07, 6.45) is 9.78. The molecule has 1 aromatic heterocycles. The predicted octanol–water partition coefficient (Wildman–Crippen LogP) is 3.10. The first-order valence-electron chi connectivity index (χ1n) is 5.67. The van der Waals surface area contributed by atoms with Crippen LogP contribution in [0.15, 0.2) is 25.0 Å². The molecule has 86 valence electrons. The Morgan fingerprint density at radius 1 is 1.31 bits per heavy atom. The van der Waals surface area contributed by atoms with Crippen LogP contribution in [0.3, 0.4) is 0 Å². The van der Waals surface area contributed by atoms with Crippen LogP contribution in [0.5, 0.6) is 0 Å². The molecule has 0 saturated carbocycles. The summed E-state index contributed by atoms with van der Waals surface area (Å²) in [5.74, 6) is 0.0890. The van der Waals surface area contributed by atoms with Crippen LogP contribution in [0.1, 0.15) is 48.3 Å². The minimum Gasteiger partial charge on any atom is -0.292 e. The standard InChI is InChI=1S/C13H18N2O/c1-3-4-5-6-7-8-13(16)12-10-14-11(2)9-15-12/h3,9-10H,1,4-8H2,2H3. The fourth-order valence-electron chi connectivity index (χ4n) is 1.42. The number of carbonyl (C=O) groups excluding carboxylic acids is 1. The zero-order valence-electron chi connectivity index (χ0n) is 9.78. The van der Waals surface area contributed by atoms with Gasteiger partial charge in [-0.2, -0.15) is 0 Å². The van der Waals surface area contributed by atoms with Gasteiger partial charge < -0.3 is 0 Å². The van der Waals surface area contributed by atoms with Crippen LogP contribution < -0.4 is 0 Å². The second-order valence-electron chi connectivity index (χ2n) is 3.85. The zero-order valence-corrected chi connectivity index (χ0v) is 9.78. The predicted molar refractivity (Wildman–Crippen MR) is 64.4 cm³/mol. The third kappa shape index (κ3) is 4.34. The molecule has 0 spiro atoms. The molecule has 0 unspecified atom stereocenters. The minimum atomic E-state index is 0.0890. The molecular formula is C13H18N2O. The summed E-state index contributed by atoms with van der Waals surface area (Å²) in [7, 11) is 0. The minimum absolute atomic E-state index is 0.0890. The van der Waals surface area contributed by atoms with E-state index in [-0.39, 0.29) is 5.78 Å². The number of rotatable bonds is 7. The maximum Gasteiger partial charge on any atom is 0.182 e. The van der Waals surface area contributed by atoms with Crippen LogP contribution in [0.2, 0.25) is 0 Å². The van der Waals surface area contributed by atoms with Crippen molar-refractivity contribution >= 4 is 5.78 Å². The smallest absolute Gasteiger partial charge is 0.182 e. The molecule has 0 fully saturated rings. The number of Topliss-reactive ketones (excluding diaryl/α,β-unsaturated/α-hetero) is 1. The molecule has 0 aliphatic rings. The van der Waals surface area contributed by atoms with E-state index in [1.54, 1.807) is 12.4 Å². The summed E-state index contributed by atoms with van der Waals surface area (Å²) in [5, 5.41) is 0. The largest absolute Gasteiger partial charge is 0.292 e. The van der Waals surface area contributed by atoms with Crippen molar-refractivity contribution in [2.45, 2.75) is 39.0 Å². The van der Waals surface area contributed by atoms with E-state index in [2.05, 4.69) is 16.5 Å². The number of nitrogens with zero attached hydrogens (tertiary/aromatic N) is 2. The van der Waals surface area contributed by atoms with Crippen LogP contribution in [0.25, 0.3) is 0 Å². The number of carbonyl (C=O) groups is 1. The summed E-state index contributed by atoms with van der Waals surface area (Å²) in [5.41, 5.74) is 1.32. The van der Waals surface area contributed by atoms with E-state index in [1.165, 1.54) is 0 Å². The van der Waals surface area contributed by atoms with Crippen molar-refractivity contribution in [3.63, 3.8) is 0 Å². The van der Waals surface area contributed by atoms with Crippen molar-refractivity contribution in [2.24, 2.45) is 0 Å². The number of hydrogen-bond donors (Lipinski definition) is 0. The molecule has 0 amide bonds. The van der Waals surface area contributed by atoms with E-state index < -0.39 is 0 Å². The lowest BCUT2D eigenvalue weighted by molar-refractivity contribution is 0.0974. The van der Waals surface area contributed by atoms with E-state index in [1.807, 2.05) is 13.0 Å². The van der Waals surface area contributed by atoms with Crippen LogP contribution in [0, 0.1) is 6.92 Å². The average Bonchev–Trinajstić information content (AvgIpc) is 2.29. The lowest BCUT2D eigenvalue weighted by Crippen LogP contribution is -2.03. The van der Waals surface area contributed by atoms with E-state index in [4.69, 9.17) is 0 Å². The Hall–Kier alpha value is -1.51. The third-order valence-electron chi connectivity index (χ3n) is 2.38. The molecule has 1 rings (SSSR count). The number of aryl methyl sites for hydroxylation is 1. The van der Waals surface area contributed by atoms with E-state index in [9.17, 15) is 4.79 Å². The van der Waals surface area contributed by atoms with Crippen molar-refractivity contribution < 1.29 is 4.79 Å². The maximum atomic E-state index is 11.7. The van der Waals surface area contributed by atoms with Gasteiger partial charge in [-0.3, -0.25) is 9.78 Å². The van der Waals surface area contributed by atoms with Gasteiger partial charge in [0, 0.05) is 12.6 Å². The Morgan fingerprint density at radius 2 is 2.12 bits per heavy atom. The highest BCUT2D eigenvalue weighted by Crippen LogP contribution is 2.07. The van der Waals surface area contributed by atoms with Crippen molar-refractivity contribution in [1.82, 2.24) is 9.97 Å². The van der Waals surface area contributed by atoms with Crippen molar-refractivity contribution in [2.75, 3.05) is 0 Å². The highest BCUT2D eigenvalue weighted by Gasteiger charge is 2.06. The Bertz CT molecular complexity index is 343. The van der Waals surface area contributed by atoms with Gasteiger partial charge in [0.1, 0.15) is 5.69 Å². The molecule has 16 heavy (non-hydrogen) atoms. The van der Waals surface area contributed by atoms with E-state index in [0.717, 1.165) is 31.4 Å². The number of allylic oxidation sites excluding steroid dienone is 1. The maximum absolute atomic E-state index is 11.7. The van der Waals surface area contributed by atoms with Crippen molar-refractivity contribution in [3.8, 4) is 0 Å². The van der Waals surface area contributed by atoms with Gasteiger partial charge in [0.15, 0.2) is 5.78 Å². The topological polar surface area (TPSA) is 42.9 Å². The molecule has 3 nitrogen and oxygen atoms in total. The summed E-state index contributed by atoms with van der Waals surface area (Å²) in [4.78, 5) is 19.8. The van der Waals surface area contributed by atoms with Gasteiger partial charge in [-0.05, 0) is 26.2 Å². The number of ketones is 1. The first-order chi connectivity index (χ1) is 7.74. The molecule has 0 aromatic carbocycles. The molecule has 1 heterocycles. The van der Waals surface area contributed by atoms with Crippen LogP contribution in [0.4, 0.5) is 0 Å². The van der Waals surface area contributed by atoms with Gasteiger partial charge in [0.25, 0.3) is 0 Å². The Labute approximate surface area is 96.6 Å². The lowest BCUT2D eigenvalue weighted by atomic mass is 10.1. The molecule has 0 aliphatic heterocycles. The molecule has 3 heteroatoms. The van der Waals surface area contributed by atoms with Gasteiger partial charge in [0.05, 0.1) is 11.9 Å². The quantitative estimate of drug-likeness (QED) is 0.401. The fraction of sp³-hybridized carbons (Fsp3) is 0.462. The summed E-state index contributed by atoms with van der Waals surface area (Å²) in [6, 6.07) is 0. The second-order valence-corrected chi connectivity index (χ2v) is 3.85. The van der Waals surface area contributed by atoms with Crippen LogP contribution >= 0.6 is 0 Å². The van der Waals surface area contributed by atoms with Gasteiger partial charge in [-0.1, -0.05) is 12.5 Å². The van der Waals surface area contributed by atoms with Gasteiger partial charge in [0.2, 0.25) is 0 Å². The molecule has 0 saturated heterocycles. The summed E-state index contributed by atoms with van der Waals surface area (Å²) < 4.78 is 0.